The van der Waals surface area contributed by atoms with Crippen LogP contribution >= 0.6 is 0 Å². The topological polar surface area (TPSA) is 75.6 Å². The molecule has 4 rings (SSSR count). The van der Waals surface area contributed by atoms with Crippen molar-refractivity contribution in [1.82, 2.24) is 20.0 Å². The monoisotopic (exact) mass is 313 g/mol. The van der Waals surface area contributed by atoms with Gasteiger partial charge in [0, 0.05) is 13.0 Å². The molecule has 1 amide bonds. The molecule has 0 aliphatic heterocycles. The van der Waals surface area contributed by atoms with Gasteiger partial charge in [-0.15, -0.1) is 0 Å². The number of aryl methyl sites for hydroxylation is 2. The summed E-state index contributed by atoms with van der Waals surface area (Å²) in [5.74, 6) is 0.176. The molecule has 2 N–H and O–H groups in total. The van der Waals surface area contributed by atoms with E-state index in [1.54, 1.807) is 10.7 Å². The molecule has 118 valence electrons. The fourth-order valence-corrected chi connectivity index (χ4v) is 3.13. The van der Waals surface area contributed by atoms with Crippen molar-refractivity contribution in [3.05, 3.63) is 41.3 Å². The Labute approximate surface area is 131 Å². The maximum Gasteiger partial charge on any atom is 0.229 e. The summed E-state index contributed by atoms with van der Waals surface area (Å²) in [6.45, 7) is 1.88. The van der Waals surface area contributed by atoms with Gasteiger partial charge in [0.1, 0.15) is 11.6 Å². The maximum absolute atomic E-state index is 13.3. The Balaban J connectivity index is 1.52. The fourth-order valence-electron chi connectivity index (χ4n) is 3.13. The first-order chi connectivity index (χ1) is 11.0. The third-order valence-electron chi connectivity index (χ3n) is 4.37. The van der Waals surface area contributed by atoms with E-state index >= 15 is 0 Å². The lowest BCUT2D eigenvalue weighted by molar-refractivity contribution is -0.117. The minimum Gasteiger partial charge on any atom is -0.310 e. The summed E-state index contributed by atoms with van der Waals surface area (Å²) in [7, 11) is 1.81. The van der Waals surface area contributed by atoms with Gasteiger partial charge < -0.3 is 5.32 Å². The highest BCUT2D eigenvalue weighted by Gasteiger charge is 2.44. The van der Waals surface area contributed by atoms with Gasteiger partial charge in [0.25, 0.3) is 0 Å². The van der Waals surface area contributed by atoms with Crippen molar-refractivity contribution in [2.75, 3.05) is 5.32 Å². The molecule has 0 saturated heterocycles. The van der Waals surface area contributed by atoms with E-state index in [0.29, 0.717) is 11.5 Å². The minimum absolute atomic E-state index is 0.0759. The predicted octanol–water partition coefficient (Wildman–Crippen LogP) is 2.49. The van der Waals surface area contributed by atoms with Gasteiger partial charge >= 0.3 is 0 Å². The van der Waals surface area contributed by atoms with Crippen LogP contribution in [0.4, 0.5) is 10.2 Å². The van der Waals surface area contributed by atoms with Crippen LogP contribution in [-0.2, 0) is 11.8 Å². The number of aromatic amines is 1. The third-order valence-corrected chi connectivity index (χ3v) is 4.37. The molecule has 6 nitrogen and oxygen atoms in total. The zero-order valence-electron chi connectivity index (χ0n) is 12.8. The van der Waals surface area contributed by atoms with Crippen LogP contribution in [0.15, 0.2) is 24.3 Å². The van der Waals surface area contributed by atoms with Gasteiger partial charge in [-0.1, -0.05) is 12.1 Å². The first-order valence-corrected chi connectivity index (χ1v) is 7.48. The second kappa shape index (κ2) is 4.91. The summed E-state index contributed by atoms with van der Waals surface area (Å²) in [6, 6.07) is 6.45. The Morgan fingerprint density at radius 2 is 2.30 bits per heavy atom. The Morgan fingerprint density at radius 3 is 3.09 bits per heavy atom. The number of benzene rings is 1. The second-order valence-electron chi connectivity index (χ2n) is 6.00. The first kappa shape index (κ1) is 13.9. The molecule has 3 aromatic rings. The highest BCUT2D eigenvalue weighted by Crippen LogP contribution is 2.48. The van der Waals surface area contributed by atoms with E-state index in [-0.39, 0.29) is 23.6 Å². The van der Waals surface area contributed by atoms with E-state index in [9.17, 15) is 9.18 Å². The average Bonchev–Trinajstić information content (AvgIpc) is 3.13. The maximum atomic E-state index is 13.3. The summed E-state index contributed by atoms with van der Waals surface area (Å²) in [4.78, 5) is 12.4. The average molecular weight is 313 g/mol. The van der Waals surface area contributed by atoms with Crippen molar-refractivity contribution in [3.8, 4) is 0 Å². The first-order valence-electron chi connectivity index (χ1n) is 7.48. The van der Waals surface area contributed by atoms with Crippen LogP contribution in [0.2, 0.25) is 0 Å². The molecule has 2 heterocycles. The zero-order chi connectivity index (χ0) is 16.1. The second-order valence-corrected chi connectivity index (χ2v) is 6.00. The third kappa shape index (κ3) is 2.28. The number of carbonyl (C=O) groups is 1. The molecule has 23 heavy (non-hydrogen) atoms. The number of H-pyrrole nitrogens is 1. The van der Waals surface area contributed by atoms with Gasteiger partial charge in [-0.25, -0.2) is 9.07 Å². The number of anilines is 1. The number of rotatable bonds is 3. The zero-order valence-corrected chi connectivity index (χ0v) is 12.8. The number of fused-ring (bicyclic) bond motifs is 1. The number of halogens is 1. The van der Waals surface area contributed by atoms with Crippen LogP contribution < -0.4 is 5.32 Å². The summed E-state index contributed by atoms with van der Waals surface area (Å²) in [5, 5.41) is 15.0. The summed E-state index contributed by atoms with van der Waals surface area (Å²) < 4.78 is 15.0. The van der Waals surface area contributed by atoms with Crippen LogP contribution in [-0.4, -0.2) is 25.9 Å². The van der Waals surface area contributed by atoms with Gasteiger partial charge in [-0.2, -0.15) is 10.2 Å². The van der Waals surface area contributed by atoms with E-state index in [0.717, 1.165) is 23.1 Å². The number of nitrogens with one attached hydrogen (secondary N) is 2. The molecule has 1 fully saturated rings. The number of aromatic nitrogens is 4. The van der Waals surface area contributed by atoms with E-state index < -0.39 is 0 Å². The quantitative estimate of drug-likeness (QED) is 0.780. The molecular weight excluding hydrogens is 297 g/mol. The molecule has 0 radical (unpaired) electrons. The van der Waals surface area contributed by atoms with Crippen molar-refractivity contribution in [1.29, 1.82) is 0 Å². The van der Waals surface area contributed by atoms with E-state index in [1.807, 2.05) is 20.0 Å². The van der Waals surface area contributed by atoms with E-state index in [1.165, 1.54) is 12.1 Å². The van der Waals surface area contributed by atoms with Crippen LogP contribution in [0.5, 0.6) is 0 Å². The normalized spacial score (nSPS) is 20.0. The molecule has 2 atom stereocenters. The fraction of sp³-hybridized carbons (Fsp3) is 0.312. The van der Waals surface area contributed by atoms with Crippen molar-refractivity contribution < 1.29 is 9.18 Å². The van der Waals surface area contributed by atoms with E-state index in [4.69, 9.17) is 0 Å². The SMILES string of the molecule is Cc1nn(C)c2n[nH]c(NC(=O)[C@@H]3C[C@H]3c3cccc(F)c3)c12. The van der Waals surface area contributed by atoms with Gasteiger partial charge in [-0.3, -0.25) is 9.89 Å². The highest BCUT2D eigenvalue weighted by atomic mass is 19.1. The van der Waals surface area contributed by atoms with Crippen molar-refractivity contribution in [2.24, 2.45) is 13.0 Å². The molecule has 0 unspecified atom stereocenters. The molecule has 7 heteroatoms. The van der Waals surface area contributed by atoms with Crippen LogP contribution in [0.25, 0.3) is 11.0 Å². The van der Waals surface area contributed by atoms with Crippen molar-refractivity contribution in [2.45, 2.75) is 19.3 Å². The number of carbonyl (C=O) groups excluding carboxylic acids is 1. The van der Waals surface area contributed by atoms with Crippen molar-refractivity contribution in [3.63, 3.8) is 0 Å². The summed E-state index contributed by atoms with van der Waals surface area (Å²) in [5.41, 5.74) is 2.39. The summed E-state index contributed by atoms with van der Waals surface area (Å²) in [6.07, 6.45) is 0.735. The Morgan fingerprint density at radius 1 is 1.48 bits per heavy atom. The highest BCUT2D eigenvalue weighted by molar-refractivity contribution is 6.02. The lowest BCUT2D eigenvalue weighted by Crippen LogP contribution is -2.15. The molecule has 1 aromatic carbocycles. The van der Waals surface area contributed by atoms with Crippen molar-refractivity contribution >= 4 is 22.8 Å². The lowest BCUT2D eigenvalue weighted by atomic mass is 10.1. The Hall–Kier alpha value is -2.70. The standard InChI is InChI=1S/C16H16FN5O/c1-8-13-14(19-20-15(13)22(2)21-8)18-16(23)12-7-11(12)9-4-3-5-10(17)6-9/h3-6,11-12H,7H2,1-2H3,(H2,18,19,20,23)/t11-,12+/m0/s1. The predicted molar refractivity (Wildman–Crippen MR) is 83.5 cm³/mol. The van der Waals surface area contributed by atoms with Crippen LogP contribution in [0.3, 0.4) is 0 Å². The summed E-state index contributed by atoms with van der Waals surface area (Å²) >= 11 is 0. The molecule has 2 aromatic heterocycles. The number of amides is 1. The Kier molecular flexibility index (Phi) is 2.97. The number of hydrogen-bond acceptors (Lipinski definition) is 3. The molecule has 1 saturated carbocycles. The molecule has 0 spiro atoms. The number of hydrogen-bond donors (Lipinski definition) is 2. The molecule has 1 aliphatic carbocycles. The van der Waals surface area contributed by atoms with Gasteiger partial charge in [0.2, 0.25) is 5.91 Å². The molecular formula is C16H16FN5O. The van der Waals surface area contributed by atoms with E-state index in [2.05, 4.69) is 20.6 Å². The van der Waals surface area contributed by atoms with Gasteiger partial charge in [0.05, 0.1) is 11.1 Å². The largest absolute Gasteiger partial charge is 0.310 e. The van der Waals surface area contributed by atoms with Gasteiger partial charge in [-0.05, 0) is 37.0 Å². The number of nitrogens with zero attached hydrogens (tertiary/aromatic N) is 3. The van der Waals surface area contributed by atoms with Crippen LogP contribution in [0, 0.1) is 18.7 Å². The van der Waals surface area contributed by atoms with Gasteiger partial charge in [0.15, 0.2) is 5.65 Å². The Bertz CT molecular complexity index is 912. The molecule has 0 bridgehead atoms. The lowest BCUT2D eigenvalue weighted by Gasteiger charge is -2.03. The van der Waals surface area contributed by atoms with Crippen LogP contribution in [0.1, 0.15) is 23.6 Å². The smallest absolute Gasteiger partial charge is 0.229 e. The molecule has 1 aliphatic rings. The minimum atomic E-state index is -0.269.